The van der Waals surface area contributed by atoms with Crippen LogP contribution >= 0.6 is 0 Å². The van der Waals surface area contributed by atoms with Crippen molar-refractivity contribution in [2.75, 3.05) is 6.61 Å². The molecule has 0 bridgehead atoms. The fourth-order valence-corrected chi connectivity index (χ4v) is 2.04. The van der Waals surface area contributed by atoms with Gasteiger partial charge in [-0.1, -0.05) is 17.3 Å². The van der Waals surface area contributed by atoms with E-state index < -0.39 is 0 Å². The third-order valence-electron chi connectivity index (χ3n) is 3.12. The quantitative estimate of drug-likeness (QED) is 0.722. The number of hydrogen-bond donors (Lipinski definition) is 0. The molecule has 2 aromatic carbocycles. The van der Waals surface area contributed by atoms with Crippen LogP contribution in [-0.2, 0) is 6.73 Å². The van der Waals surface area contributed by atoms with Gasteiger partial charge < -0.3 is 9.47 Å². The van der Waals surface area contributed by atoms with Crippen LogP contribution < -0.4 is 15.0 Å². The van der Waals surface area contributed by atoms with E-state index in [1.54, 1.807) is 30.3 Å². The van der Waals surface area contributed by atoms with Crippen LogP contribution in [0.3, 0.4) is 0 Å². The summed E-state index contributed by atoms with van der Waals surface area (Å²) in [6.45, 7) is 2.54. The number of hydrogen-bond acceptors (Lipinski definition) is 5. The van der Waals surface area contributed by atoms with Gasteiger partial charge in [-0.3, -0.25) is 4.79 Å². The molecular weight excluding hydrogens is 282 g/mol. The minimum absolute atomic E-state index is 0.00461. The maximum atomic E-state index is 12.2. The van der Waals surface area contributed by atoms with Crippen molar-refractivity contribution >= 4 is 10.9 Å². The van der Waals surface area contributed by atoms with Crippen molar-refractivity contribution in [1.82, 2.24) is 15.0 Å². The van der Waals surface area contributed by atoms with E-state index in [2.05, 4.69) is 10.3 Å². The molecule has 6 heteroatoms. The highest BCUT2D eigenvalue weighted by molar-refractivity contribution is 5.76. The lowest BCUT2D eigenvalue weighted by Gasteiger charge is -2.08. The van der Waals surface area contributed by atoms with Gasteiger partial charge >= 0.3 is 0 Å². The number of fused-ring (bicyclic) bond motifs is 1. The average Bonchev–Trinajstić information content (AvgIpc) is 2.56. The summed E-state index contributed by atoms with van der Waals surface area (Å²) in [4.78, 5) is 12.2. The van der Waals surface area contributed by atoms with Gasteiger partial charge in [0.2, 0.25) is 0 Å². The fourth-order valence-electron chi connectivity index (χ4n) is 2.04. The summed E-state index contributed by atoms with van der Waals surface area (Å²) < 4.78 is 12.1. The zero-order valence-electron chi connectivity index (χ0n) is 12.1. The Labute approximate surface area is 126 Å². The van der Waals surface area contributed by atoms with Crippen LogP contribution in [0.4, 0.5) is 0 Å². The topological polar surface area (TPSA) is 66.2 Å². The summed E-state index contributed by atoms with van der Waals surface area (Å²) >= 11 is 0. The second-order valence-electron chi connectivity index (χ2n) is 4.59. The first-order valence-corrected chi connectivity index (χ1v) is 6.96. The molecule has 0 aliphatic rings. The smallest absolute Gasteiger partial charge is 0.280 e. The van der Waals surface area contributed by atoms with Crippen LogP contribution in [0.15, 0.2) is 53.3 Å². The van der Waals surface area contributed by atoms with Gasteiger partial charge in [-0.2, -0.15) is 4.68 Å². The van der Waals surface area contributed by atoms with E-state index in [-0.39, 0.29) is 12.3 Å². The Hall–Kier alpha value is -2.89. The molecule has 0 saturated carbocycles. The van der Waals surface area contributed by atoms with E-state index in [1.807, 2.05) is 25.1 Å². The maximum Gasteiger partial charge on any atom is 0.280 e. The second kappa shape index (κ2) is 6.26. The van der Waals surface area contributed by atoms with Crippen molar-refractivity contribution in [3.05, 3.63) is 58.9 Å². The summed E-state index contributed by atoms with van der Waals surface area (Å²) in [7, 11) is 0. The van der Waals surface area contributed by atoms with Gasteiger partial charge in [0, 0.05) is 0 Å². The van der Waals surface area contributed by atoms with Crippen LogP contribution in [0.2, 0.25) is 0 Å². The minimum atomic E-state index is -0.225. The summed E-state index contributed by atoms with van der Waals surface area (Å²) in [5, 5.41) is 8.40. The summed E-state index contributed by atoms with van der Waals surface area (Å²) in [6, 6.07) is 14.3. The Bertz CT molecular complexity index is 828. The molecule has 1 aromatic heterocycles. The van der Waals surface area contributed by atoms with Crippen molar-refractivity contribution in [1.29, 1.82) is 0 Å². The Balaban J connectivity index is 1.76. The molecule has 3 rings (SSSR count). The van der Waals surface area contributed by atoms with Crippen molar-refractivity contribution in [2.45, 2.75) is 13.7 Å². The number of ether oxygens (including phenoxy) is 2. The van der Waals surface area contributed by atoms with Gasteiger partial charge in [0.25, 0.3) is 5.56 Å². The van der Waals surface area contributed by atoms with E-state index in [0.717, 1.165) is 5.75 Å². The number of rotatable bonds is 5. The summed E-state index contributed by atoms with van der Waals surface area (Å²) in [5.41, 5.74) is 0.348. The van der Waals surface area contributed by atoms with E-state index >= 15 is 0 Å². The van der Waals surface area contributed by atoms with Gasteiger partial charge in [0.05, 0.1) is 12.0 Å². The molecular formula is C16H15N3O3. The SMILES string of the molecule is CCOc1ccc(OCn2nnc3ccccc3c2=O)cc1. The Kier molecular flexibility index (Phi) is 4.00. The highest BCUT2D eigenvalue weighted by atomic mass is 16.5. The van der Waals surface area contributed by atoms with Gasteiger partial charge in [-0.15, -0.1) is 5.10 Å². The molecule has 0 aliphatic heterocycles. The van der Waals surface area contributed by atoms with Crippen molar-refractivity contribution in [2.24, 2.45) is 0 Å². The Morgan fingerprint density at radius 1 is 1.00 bits per heavy atom. The molecule has 0 fully saturated rings. The molecule has 6 nitrogen and oxygen atoms in total. The molecule has 0 N–H and O–H groups in total. The molecule has 0 radical (unpaired) electrons. The minimum Gasteiger partial charge on any atom is -0.494 e. The maximum absolute atomic E-state index is 12.2. The van der Waals surface area contributed by atoms with Crippen molar-refractivity contribution in [3.8, 4) is 11.5 Å². The zero-order chi connectivity index (χ0) is 15.4. The van der Waals surface area contributed by atoms with E-state index in [0.29, 0.717) is 23.3 Å². The van der Waals surface area contributed by atoms with Gasteiger partial charge in [-0.25, -0.2) is 0 Å². The molecule has 0 aliphatic carbocycles. The van der Waals surface area contributed by atoms with Crippen molar-refractivity contribution < 1.29 is 9.47 Å². The van der Waals surface area contributed by atoms with Gasteiger partial charge in [0.15, 0.2) is 6.73 Å². The van der Waals surface area contributed by atoms with Gasteiger partial charge in [0.1, 0.15) is 17.0 Å². The largest absolute Gasteiger partial charge is 0.494 e. The fraction of sp³-hybridized carbons (Fsp3) is 0.188. The molecule has 3 aromatic rings. The summed E-state index contributed by atoms with van der Waals surface area (Å²) in [5.74, 6) is 1.41. The van der Waals surface area contributed by atoms with Crippen molar-refractivity contribution in [3.63, 3.8) is 0 Å². The molecule has 22 heavy (non-hydrogen) atoms. The lowest BCUT2D eigenvalue weighted by molar-refractivity contribution is 0.210. The number of aromatic nitrogens is 3. The predicted octanol–water partition coefficient (Wildman–Crippen LogP) is 2.23. The predicted molar refractivity (Wildman–Crippen MR) is 82.0 cm³/mol. The van der Waals surface area contributed by atoms with Crippen LogP contribution in [0.25, 0.3) is 10.9 Å². The van der Waals surface area contributed by atoms with Crippen LogP contribution in [-0.4, -0.2) is 21.6 Å². The number of nitrogens with zero attached hydrogens (tertiary/aromatic N) is 3. The lowest BCUT2D eigenvalue weighted by atomic mass is 10.2. The molecule has 0 spiro atoms. The molecule has 0 unspecified atom stereocenters. The molecule has 0 atom stereocenters. The van der Waals surface area contributed by atoms with Crippen LogP contribution in [0.5, 0.6) is 11.5 Å². The summed E-state index contributed by atoms with van der Waals surface area (Å²) in [6.07, 6.45) is 0. The Morgan fingerprint density at radius 2 is 1.68 bits per heavy atom. The lowest BCUT2D eigenvalue weighted by Crippen LogP contribution is -2.26. The Morgan fingerprint density at radius 3 is 2.41 bits per heavy atom. The van der Waals surface area contributed by atoms with E-state index in [9.17, 15) is 4.79 Å². The first-order chi connectivity index (χ1) is 10.8. The third kappa shape index (κ3) is 2.90. The third-order valence-corrected chi connectivity index (χ3v) is 3.12. The highest BCUT2D eigenvalue weighted by Gasteiger charge is 2.05. The van der Waals surface area contributed by atoms with E-state index in [4.69, 9.17) is 9.47 Å². The second-order valence-corrected chi connectivity index (χ2v) is 4.59. The van der Waals surface area contributed by atoms with Gasteiger partial charge in [-0.05, 0) is 43.3 Å². The van der Waals surface area contributed by atoms with Crippen LogP contribution in [0, 0.1) is 0 Å². The number of benzene rings is 2. The molecule has 0 saturated heterocycles. The normalized spacial score (nSPS) is 10.6. The molecule has 1 heterocycles. The first-order valence-electron chi connectivity index (χ1n) is 6.96. The van der Waals surface area contributed by atoms with Crippen LogP contribution in [0.1, 0.15) is 6.92 Å². The molecule has 0 amide bonds. The monoisotopic (exact) mass is 297 g/mol. The molecule has 112 valence electrons. The standard InChI is InChI=1S/C16H15N3O3/c1-2-21-12-7-9-13(10-8-12)22-11-19-16(20)14-5-3-4-6-15(14)17-18-19/h3-10H,2,11H2,1H3. The zero-order valence-corrected chi connectivity index (χ0v) is 12.1. The first kappa shape index (κ1) is 14.1. The highest BCUT2D eigenvalue weighted by Crippen LogP contribution is 2.17. The van der Waals surface area contributed by atoms with E-state index in [1.165, 1.54) is 4.68 Å². The average molecular weight is 297 g/mol.